The Balaban J connectivity index is 2.17. The summed E-state index contributed by atoms with van der Waals surface area (Å²) in [6.45, 7) is 6.13. The second-order valence-corrected chi connectivity index (χ2v) is 4.20. The molecule has 0 radical (unpaired) electrons. The van der Waals surface area contributed by atoms with Crippen molar-refractivity contribution in [2.75, 3.05) is 13.2 Å². The van der Waals surface area contributed by atoms with Crippen molar-refractivity contribution in [3.8, 4) is 0 Å². The van der Waals surface area contributed by atoms with Gasteiger partial charge in [0.2, 0.25) is 0 Å². The van der Waals surface area contributed by atoms with Gasteiger partial charge in [-0.3, -0.25) is 5.32 Å². The van der Waals surface area contributed by atoms with Gasteiger partial charge in [0.15, 0.2) is 0 Å². The zero-order chi connectivity index (χ0) is 10.0. The van der Waals surface area contributed by atoms with Gasteiger partial charge in [0.25, 0.3) is 0 Å². The zero-order valence-electron chi connectivity index (χ0n) is 8.79. The van der Waals surface area contributed by atoms with E-state index in [0.717, 1.165) is 13.2 Å². The van der Waals surface area contributed by atoms with E-state index < -0.39 is 0 Å². The molecule has 1 heterocycles. The van der Waals surface area contributed by atoms with Crippen molar-refractivity contribution in [1.82, 2.24) is 5.32 Å². The fourth-order valence-corrected chi connectivity index (χ4v) is 1.73. The van der Waals surface area contributed by atoms with Crippen molar-refractivity contribution in [1.29, 1.82) is 0 Å². The van der Waals surface area contributed by atoms with Crippen LogP contribution in [0.5, 0.6) is 0 Å². The number of ether oxygens (including phenoxy) is 1. The van der Waals surface area contributed by atoms with Gasteiger partial charge in [0, 0.05) is 6.54 Å². The van der Waals surface area contributed by atoms with Crippen LogP contribution in [-0.2, 0) is 10.5 Å². The summed E-state index contributed by atoms with van der Waals surface area (Å²) in [5.41, 5.74) is 0.903. The van der Waals surface area contributed by atoms with Gasteiger partial charge in [-0.05, 0) is 18.4 Å². The average molecular weight is 191 g/mol. The van der Waals surface area contributed by atoms with Crippen LogP contribution in [0.4, 0.5) is 0 Å². The first kappa shape index (κ1) is 9.69. The van der Waals surface area contributed by atoms with E-state index in [1.807, 2.05) is 18.2 Å². The first-order valence-electron chi connectivity index (χ1n) is 5.15. The van der Waals surface area contributed by atoms with Gasteiger partial charge < -0.3 is 4.74 Å². The molecule has 1 fully saturated rings. The van der Waals surface area contributed by atoms with Crippen LogP contribution in [0, 0.1) is 5.92 Å². The molecular weight excluding hydrogens is 174 g/mol. The van der Waals surface area contributed by atoms with E-state index in [1.54, 1.807) is 0 Å². The first-order chi connectivity index (χ1) is 6.71. The Hall–Kier alpha value is -0.860. The van der Waals surface area contributed by atoms with E-state index in [-0.39, 0.29) is 5.72 Å². The lowest BCUT2D eigenvalue weighted by molar-refractivity contribution is -0.106. The van der Waals surface area contributed by atoms with Crippen LogP contribution in [-0.4, -0.2) is 13.2 Å². The first-order valence-corrected chi connectivity index (χ1v) is 5.15. The van der Waals surface area contributed by atoms with Crippen LogP contribution in [0.15, 0.2) is 30.3 Å². The third-order valence-electron chi connectivity index (χ3n) is 2.77. The molecule has 0 aliphatic carbocycles. The van der Waals surface area contributed by atoms with Gasteiger partial charge in [-0.25, -0.2) is 0 Å². The van der Waals surface area contributed by atoms with Crippen molar-refractivity contribution in [3.63, 3.8) is 0 Å². The van der Waals surface area contributed by atoms with Crippen molar-refractivity contribution >= 4 is 0 Å². The Kier molecular flexibility index (Phi) is 2.57. The fraction of sp³-hybridized carbons (Fsp3) is 0.500. The third-order valence-corrected chi connectivity index (χ3v) is 2.77. The molecular formula is C12H17NO. The number of rotatable bonds is 1. The minimum absolute atomic E-state index is 0.298. The predicted molar refractivity (Wildman–Crippen MR) is 56.9 cm³/mol. The number of nitrogens with one attached hydrogen (secondary N) is 1. The summed E-state index contributed by atoms with van der Waals surface area (Å²) in [6.07, 6.45) is 0. The normalized spacial score (nSPS) is 32.9. The van der Waals surface area contributed by atoms with E-state index in [2.05, 4.69) is 31.3 Å². The molecule has 0 amide bonds. The van der Waals surface area contributed by atoms with Crippen LogP contribution in [0.3, 0.4) is 0 Å². The van der Waals surface area contributed by atoms with Gasteiger partial charge in [0.05, 0.1) is 6.61 Å². The molecule has 1 aliphatic heterocycles. The van der Waals surface area contributed by atoms with Gasteiger partial charge >= 0.3 is 0 Å². The fourth-order valence-electron chi connectivity index (χ4n) is 1.73. The second-order valence-electron chi connectivity index (χ2n) is 4.20. The van der Waals surface area contributed by atoms with E-state index in [9.17, 15) is 0 Å². The molecule has 0 spiro atoms. The van der Waals surface area contributed by atoms with Gasteiger partial charge in [-0.15, -0.1) is 0 Å². The topological polar surface area (TPSA) is 21.3 Å². The molecule has 2 nitrogen and oxygen atoms in total. The maximum absolute atomic E-state index is 5.85. The zero-order valence-corrected chi connectivity index (χ0v) is 8.79. The SMILES string of the molecule is CC1CNC(C)(c2ccccc2)OC1. The highest BCUT2D eigenvalue weighted by Gasteiger charge is 2.31. The van der Waals surface area contributed by atoms with Crippen molar-refractivity contribution in [3.05, 3.63) is 35.9 Å². The molecule has 2 atom stereocenters. The molecule has 76 valence electrons. The summed E-state index contributed by atoms with van der Waals surface area (Å²) < 4.78 is 5.85. The van der Waals surface area contributed by atoms with E-state index in [4.69, 9.17) is 4.74 Å². The van der Waals surface area contributed by atoms with E-state index >= 15 is 0 Å². The van der Waals surface area contributed by atoms with Crippen LogP contribution in [0.2, 0.25) is 0 Å². The maximum atomic E-state index is 5.85. The molecule has 1 aromatic carbocycles. The van der Waals surface area contributed by atoms with Gasteiger partial charge in [-0.2, -0.15) is 0 Å². The average Bonchev–Trinajstić information content (AvgIpc) is 2.24. The van der Waals surface area contributed by atoms with Gasteiger partial charge in [0.1, 0.15) is 5.72 Å². The standard InChI is InChI=1S/C12H17NO/c1-10-8-13-12(2,14-9-10)11-6-4-3-5-7-11/h3-7,10,13H,8-9H2,1-2H3. The molecule has 1 N–H and O–H groups in total. The molecule has 1 aromatic rings. The Bertz CT molecular complexity index is 288. The van der Waals surface area contributed by atoms with Crippen LogP contribution in [0.25, 0.3) is 0 Å². The lowest BCUT2D eigenvalue weighted by Crippen LogP contribution is -2.49. The Morgan fingerprint density at radius 3 is 2.64 bits per heavy atom. The lowest BCUT2D eigenvalue weighted by atomic mass is 10.0. The van der Waals surface area contributed by atoms with Crippen LogP contribution in [0.1, 0.15) is 19.4 Å². The highest BCUT2D eigenvalue weighted by molar-refractivity contribution is 5.21. The summed E-state index contributed by atoms with van der Waals surface area (Å²) in [5, 5.41) is 3.44. The summed E-state index contributed by atoms with van der Waals surface area (Å²) in [5.74, 6) is 0.604. The largest absolute Gasteiger partial charge is 0.356 e. The molecule has 14 heavy (non-hydrogen) atoms. The van der Waals surface area contributed by atoms with Crippen molar-refractivity contribution in [2.24, 2.45) is 5.92 Å². The molecule has 0 bridgehead atoms. The molecule has 1 aliphatic rings. The number of hydrogen-bond donors (Lipinski definition) is 1. The van der Waals surface area contributed by atoms with Crippen LogP contribution < -0.4 is 5.32 Å². The van der Waals surface area contributed by atoms with Gasteiger partial charge in [-0.1, -0.05) is 37.3 Å². The highest BCUT2D eigenvalue weighted by atomic mass is 16.5. The maximum Gasteiger partial charge on any atom is 0.142 e. The molecule has 2 heteroatoms. The molecule has 2 unspecified atom stereocenters. The summed E-state index contributed by atoms with van der Waals surface area (Å²) in [4.78, 5) is 0. The van der Waals surface area contributed by atoms with Crippen molar-refractivity contribution < 1.29 is 4.74 Å². The third kappa shape index (κ3) is 1.81. The summed E-state index contributed by atoms with van der Waals surface area (Å²) in [6, 6.07) is 10.3. The molecule has 1 saturated heterocycles. The number of hydrogen-bond acceptors (Lipinski definition) is 2. The smallest absolute Gasteiger partial charge is 0.142 e. The predicted octanol–water partition coefficient (Wildman–Crippen LogP) is 2.12. The monoisotopic (exact) mass is 191 g/mol. The minimum Gasteiger partial charge on any atom is -0.356 e. The number of benzene rings is 1. The Morgan fingerprint density at radius 2 is 2.07 bits per heavy atom. The molecule has 2 rings (SSSR count). The minimum atomic E-state index is -0.298. The summed E-state index contributed by atoms with van der Waals surface area (Å²) >= 11 is 0. The van der Waals surface area contributed by atoms with Crippen LogP contribution >= 0.6 is 0 Å². The Morgan fingerprint density at radius 1 is 1.36 bits per heavy atom. The quantitative estimate of drug-likeness (QED) is 0.734. The summed E-state index contributed by atoms with van der Waals surface area (Å²) in [7, 11) is 0. The van der Waals surface area contributed by atoms with E-state index in [0.29, 0.717) is 5.92 Å². The highest BCUT2D eigenvalue weighted by Crippen LogP contribution is 2.25. The second kappa shape index (κ2) is 3.71. The Labute approximate surface area is 85.3 Å². The van der Waals surface area contributed by atoms with E-state index in [1.165, 1.54) is 5.56 Å². The molecule has 0 aromatic heterocycles. The molecule has 0 saturated carbocycles. The van der Waals surface area contributed by atoms with Crippen molar-refractivity contribution in [2.45, 2.75) is 19.6 Å². The lowest BCUT2D eigenvalue weighted by Gasteiger charge is -2.38.